The third kappa shape index (κ3) is 9.43. The number of likely N-dealkylation sites (N-methyl/N-ethyl adjacent to an activating group) is 1. The fourth-order valence-electron chi connectivity index (χ4n) is 0.989. The molecule has 0 aromatic carbocycles. The number of carboxylic acid groups (broad SMARTS) is 1. The van der Waals surface area contributed by atoms with Crippen LogP contribution >= 0.6 is 0 Å². The van der Waals surface area contributed by atoms with Crippen molar-refractivity contribution in [1.29, 1.82) is 0 Å². The topological polar surface area (TPSA) is 53.1 Å². The van der Waals surface area contributed by atoms with Crippen LogP contribution in [-0.4, -0.2) is 49.3 Å². The van der Waals surface area contributed by atoms with Crippen LogP contribution in [0, 0.1) is 0 Å². The van der Waals surface area contributed by atoms with E-state index in [4.69, 9.17) is 9.84 Å². The van der Waals surface area contributed by atoms with Gasteiger partial charge in [-0.15, -0.1) is 0 Å². The summed E-state index contributed by atoms with van der Waals surface area (Å²) in [6.07, 6.45) is 2.00. The summed E-state index contributed by atoms with van der Waals surface area (Å²) in [5.41, 5.74) is 0.299. The largest absolute Gasteiger partial charge is 0.478 e. The van der Waals surface area contributed by atoms with E-state index < -0.39 is 5.97 Å². The number of rotatable bonds is 5. The maximum atomic E-state index is 9.99. The molecule has 0 bridgehead atoms. The highest BCUT2D eigenvalue weighted by atomic mass is 16.6. The highest BCUT2D eigenvalue weighted by molar-refractivity contribution is 5.85. The third-order valence-corrected chi connectivity index (χ3v) is 1.83. The van der Waals surface area contributed by atoms with E-state index in [1.807, 2.05) is 6.92 Å². The lowest BCUT2D eigenvalue weighted by Gasteiger charge is -2.03. The Morgan fingerprint density at radius 3 is 2.27 bits per heavy atom. The highest BCUT2D eigenvalue weighted by Crippen LogP contribution is 2.07. The lowest BCUT2D eigenvalue weighted by atomic mass is 10.2. The Kier molecular flexibility index (Phi) is 6.99. The van der Waals surface area contributed by atoms with Crippen molar-refractivity contribution in [2.75, 3.05) is 27.2 Å². The van der Waals surface area contributed by atoms with Crippen LogP contribution in [0.15, 0.2) is 12.2 Å². The molecule has 0 aromatic rings. The molecule has 88 valence electrons. The van der Waals surface area contributed by atoms with Gasteiger partial charge in [-0.3, -0.25) is 0 Å². The first kappa shape index (κ1) is 14.1. The zero-order chi connectivity index (χ0) is 11.8. The lowest BCUT2D eigenvalue weighted by molar-refractivity contribution is -0.132. The molecule has 1 saturated heterocycles. The van der Waals surface area contributed by atoms with Gasteiger partial charge in [0.25, 0.3) is 0 Å². The molecule has 1 unspecified atom stereocenters. The van der Waals surface area contributed by atoms with Crippen molar-refractivity contribution in [2.45, 2.75) is 25.9 Å². The molecule has 1 heterocycles. The van der Waals surface area contributed by atoms with Gasteiger partial charge in [0.15, 0.2) is 0 Å². The van der Waals surface area contributed by atoms with E-state index in [9.17, 15) is 4.79 Å². The molecular formula is C11H21NO3. The third-order valence-electron chi connectivity index (χ3n) is 1.83. The quantitative estimate of drug-likeness (QED) is 0.556. The fraction of sp³-hybridized carbons (Fsp3) is 0.727. The fourth-order valence-corrected chi connectivity index (χ4v) is 0.989. The van der Waals surface area contributed by atoms with Crippen LogP contribution in [0.1, 0.15) is 19.8 Å². The van der Waals surface area contributed by atoms with Gasteiger partial charge in [-0.05, 0) is 20.5 Å². The second kappa shape index (κ2) is 7.43. The number of aliphatic carboxylic acids is 1. The predicted molar refractivity (Wildman–Crippen MR) is 60.0 cm³/mol. The van der Waals surface area contributed by atoms with Gasteiger partial charge in [0.05, 0.1) is 12.7 Å². The van der Waals surface area contributed by atoms with Crippen LogP contribution in [0.5, 0.6) is 0 Å². The van der Waals surface area contributed by atoms with E-state index in [-0.39, 0.29) is 0 Å². The van der Waals surface area contributed by atoms with Crippen LogP contribution in [0.4, 0.5) is 0 Å². The summed E-state index contributed by atoms with van der Waals surface area (Å²) in [6.45, 7) is 7.32. The molecule has 0 radical (unpaired) electrons. The second-order valence-corrected chi connectivity index (χ2v) is 3.88. The summed E-state index contributed by atoms with van der Waals surface area (Å²) in [5, 5.41) is 8.21. The minimum atomic E-state index is -0.883. The lowest BCUT2D eigenvalue weighted by Crippen LogP contribution is -2.17. The van der Waals surface area contributed by atoms with E-state index in [1.165, 1.54) is 0 Å². The average Bonchev–Trinajstić information content (AvgIpc) is 2.88. The number of carbonyl (C=O) groups is 1. The molecule has 4 nitrogen and oxygen atoms in total. The van der Waals surface area contributed by atoms with Gasteiger partial charge in [0, 0.05) is 12.1 Å². The maximum absolute atomic E-state index is 9.99. The molecule has 1 rings (SSSR count). The van der Waals surface area contributed by atoms with Crippen molar-refractivity contribution in [2.24, 2.45) is 0 Å². The van der Waals surface area contributed by atoms with Gasteiger partial charge in [-0.2, -0.15) is 0 Å². The maximum Gasteiger partial charge on any atom is 0.330 e. The van der Waals surface area contributed by atoms with Gasteiger partial charge in [-0.25, -0.2) is 4.79 Å². The smallest absolute Gasteiger partial charge is 0.330 e. The number of nitrogens with zero attached hydrogens (tertiary/aromatic N) is 1. The Labute approximate surface area is 91.5 Å². The number of carboxylic acids is 1. The van der Waals surface area contributed by atoms with Crippen LogP contribution in [0.2, 0.25) is 0 Å². The molecule has 0 aliphatic carbocycles. The minimum Gasteiger partial charge on any atom is -0.478 e. The molecule has 1 aliphatic rings. The van der Waals surface area contributed by atoms with Crippen LogP contribution in [0.3, 0.4) is 0 Å². The molecule has 4 heteroatoms. The van der Waals surface area contributed by atoms with E-state index in [0.717, 1.165) is 19.6 Å². The Balaban J connectivity index is 0.000000262. The van der Waals surface area contributed by atoms with Crippen molar-refractivity contribution in [3.63, 3.8) is 0 Å². The Bertz CT molecular complexity index is 210. The molecule has 1 atom stereocenters. The number of hydrogen-bond acceptors (Lipinski definition) is 3. The molecule has 0 saturated carbocycles. The van der Waals surface area contributed by atoms with Crippen LogP contribution < -0.4 is 0 Å². The van der Waals surface area contributed by atoms with Gasteiger partial charge >= 0.3 is 5.97 Å². The van der Waals surface area contributed by atoms with E-state index in [0.29, 0.717) is 18.1 Å². The van der Waals surface area contributed by atoms with Gasteiger partial charge < -0.3 is 14.7 Å². The van der Waals surface area contributed by atoms with Crippen molar-refractivity contribution in [3.05, 3.63) is 12.2 Å². The number of ether oxygens (including phenoxy) is 1. The molecule has 0 amide bonds. The SMILES string of the molecule is C=C(CCC)C(=O)O.CN(C)CC1CO1. The van der Waals surface area contributed by atoms with Crippen molar-refractivity contribution < 1.29 is 14.6 Å². The molecule has 15 heavy (non-hydrogen) atoms. The first-order valence-electron chi connectivity index (χ1n) is 5.14. The molecule has 0 aromatic heterocycles. The highest BCUT2D eigenvalue weighted by Gasteiger charge is 2.22. The van der Waals surface area contributed by atoms with Crippen molar-refractivity contribution in [1.82, 2.24) is 4.90 Å². The number of epoxide rings is 1. The molecular weight excluding hydrogens is 194 g/mol. The van der Waals surface area contributed by atoms with E-state index >= 15 is 0 Å². The Morgan fingerprint density at radius 2 is 2.13 bits per heavy atom. The zero-order valence-corrected chi connectivity index (χ0v) is 9.82. The summed E-state index contributed by atoms with van der Waals surface area (Å²) in [4.78, 5) is 12.1. The van der Waals surface area contributed by atoms with Gasteiger partial charge in [0.2, 0.25) is 0 Å². The zero-order valence-electron chi connectivity index (χ0n) is 9.82. The number of hydrogen-bond donors (Lipinski definition) is 1. The molecule has 1 aliphatic heterocycles. The van der Waals surface area contributed by atoms with E-state index in [2.05, 4.69) is 25.6 Å². The van der Waals surface area contributed by atoms with Crippen LogP contribution in [-0.2, 0) is 9.53 Å². The standard InChI is InChI=1S/C6H10O2.C5H11NO/c1-3-4-5(2)6(7)8;1-6(2)3-5-4-7-5/h2-4H2,1H3,(H,7,8);5H,3-4H2,1-2H3. The summed E-state index contributed by atoms with van der Waals surface area (Å²) in [5.74, 6) is -0.883. The summed E-state index contributed by atoms with van der Waals surface area (Å²) >= 11 is 0. The van der Waals surface area contributed by atoms with Crippen molar-refractivity contribution >= 4 is 5.97 Å². The summed E-state index contributed by atoms with van der Waals surface area (Å²) in [7, 11) is 4.11. The summed E-state index contributed by atoms with van der Waals surface area (Å²) in [6, 6.07) is 0. The van der Waals surface area contributed by atoms with Crippen molar-refractivity contribution in [3.8, 4) is 0 Å². The molecule has 1 N–H and O–H groups in total. The Morgan fingerprint density at radius 1 is 1.60 bits per heavy atom. The molecule has 0 spiro atoms. The van der Waals surface area contributed by atoms with Crippen LogP contribution in [0.25, 0.3) is 0 Å². The van der Waals surface area contributed by atoms with E-state index in [1.54, 1.807) is 0 Å². The summed E-state index contributed by atoms with van der Waals surface area (Å²) < 4.78 is 4.98. The van der Waals surface area contributed by atoms with Gasteiger partial charge in [-0.1, -0.05) is 19.9 Å². The Hall–Kier alpha value is -0.870. The normalized spacial score (nSPS) is 18.0. The van der Waals surface area contributed by atoms with Gasteiger partial charge in [0.1, 0.15) is 0 Å². The monoisotopic (exact) mass is 215 g/mol. The first-order valence-corrected chi connectivity index (χ1v) is 5.14. The minimum absolute atomic E-state index is 0.299. The first-order chi connectivity index (χ1) is 6.97. The predicted octanol–water partition coefficient (Wildman–Crippen LogP) is 1.37. The molecule has 1 fully saturated rings. The average molecular weight is 215 g/mol. The second-order valence-electron chi connectivity index (χ2n) is 3.88.